The number of amides is 1. The van der Waals surface area contributed by atoms with Crippen molar-refractivity contribution >= 4 is 33.1 Å². The molecule has 0 radical (unpaired) electrons. The summed E-state index contributed by atoms with van der Waals surface area (Å²) >= 11 is 1.27. The summed E-state index contributed by atoms with van der Waals surface area (Å²) in [4.78, 5) is 18.1. The van der Waals surface area contributed by atoms with Crippen molar-refractivity contribution < 1.29 is 4.79 Å². The van der Waals surface area contributed by atoms with Gasteiger partial charge in [0.15, 0.2) is 0 Å². The van der Waals surface area contributed by atoms with Crippen LogP contribution in [0.1, 0.15) is 32.1 Å². The number of rotatable bonds is 4. The fourth-order valence-electron chi connectivity index (χ4n) is 3.20. The number of carbonyl (C=O) groups is 1. The van der Waals surface area contributed by atoms with E-state index in [2.05, 4.69) is 26.6 Å². The summed E-state index contributed by atoms with van der Waals surface area (Å²) in [5.74, 6) is -0.200. The van der Waals surface area contributed by atoms with Gasteiger partial charge in [0, 0.05) is 29.9 Å². The first kappa shape index (κ1) is 19.0. The number of aryl methyl sites for hydroxylation is 3. The van der Waals surface area contributed by atoms with Gasteiger partial charge in [0.25, 0.3) is 5.91 Å². The van der Waals surface area contributed by atoms with Crippen LogP contribution in [0.2, 0.25) is 0 Å². The second kappa shape index (κ2) is 7.60. The van der Waals surface area contributed by atoms with E-state index in [-0.39, 0.29) is 5.91 Å². The highest BCUT2D eigenvalue weighted by Gasteiger charge is 2.19. The Morgan fingerprint density at radius 1 is 1.07 bits per heavy atom. The van der Waals surface area contributed by atoms with Gasteiger partial charge in [-0.1, -0.05) is 24.3 Å². The molecule has 3 heterocycles. The number of nitrogen functional groups attached to an aromatic ring is 1. The maximum absolute atomic E-state index is 12.7. The van der Waals surface area contributed by atoms with Crippen LogP contribution in [-0.2, 0) is 6.54 Å². The Labute approximate surface area is 172 Å². The van der Waals surface area contributed by atoms with Crippen LogP contribution in [0.4, 0.5) is 5.69 Å². The molecule has 0 aliphatic heterocycles. The van der Waals surface area contributed by atoms with E-state index < -0.39 is 0 Å². The number of nitrogens with one attached hydrogen (secondary N) is 1. The number of nitrogens with zero attached hydrogens (tertiary/aromatic N) is 3. The zero-order chi connectivity index (χ0) is 20.5. The van der Waals surface area contributed by atoms with Crippen molar-refractivity contribution in [3.05, 3.63) is 70.0 Å². The highest BCUT2D eigenvalue weighted by Crippen LogP contribution is 2.34. The van der Waals surface area contributed by atoms with Gasteiger partial charge in [-0.15, -0.1) is 16.4 Å². The number of carbonyl (C=O) groups excluding carboxylic acids is 1. The maximum atomic E-state index is 12.7. The third kappa shape index (κ3) is 3.69. The lowest BCUT2D eigenvalue weighted by atomic mass is 10.0. The molecule has 4 aromatic rings. The molecular weight excluding hydrogens is 382 g/mol. The number of hydrogen-bond acceptors (Lipinski definition) is 6. The average molecular weight is 404 g/mol. The van der Waals surface area contributed by atoms with Gasteiger partial charge in [-0.2, -0.15) is 5.10 Å². The molecule has 0 unspecified atom stereocenters. The Kier molecular flexibility index (Phi) is 4.98. The molecule has 0 fully saturated rings. The number of pyridine rings is 1. The number of anilines is 1. The fraction of sp³-hybridized carbons (Fsp3) is 0.182. The topological polar surface area (TPSA) is 93.8 Å². The molecule has 4 rings (SSSR count). The lowest BCUT2D eigenvalue weighted by Gasteiger charge is -2.07. The van der Waals surface area contributed by atoms with E-state index in [1.807, 2.05) is 57.4 Å². The number of fused-ring (bicyclic) bond motifs is 1. The fourth-order valence-corrected chi connectivity index (χ4v) is 4.22. The predicted octanol–water partition coefficient (Wildman–Crippen LogP) is 4.19. The van der Waals surface area contributed by atoms with Crippen molar-refractivity contribution in [3.63, 3.8) is 0 Å². The first-order valence-electron chi connectivity index (χ1n) is 9.25. The molecule has 0 saturated heterocycles. The normalized spacial score (nSPS) is 11.0. The minimum Gasteiger partial charge on any atom is -0.397 e. The van der Waals surface area contributed by atoms with E-state index in [0.717, 1.165) is 38.9 Å². The van der Waals surface area contributed by atoms with E-state index in [1.54, 1.807) is 0 Å². The molecule has 6 nitrogen and oxygen atoms in total. The predicted molar refractivity (Wildman–Crippen MR) is 117 cm³/mol. The number of hydrogen-bond donors (Lipinski definition) is 2. The molecule has 0 aliphatic rings. The molecule has 1 aromatic carbocycles. The number of aromatic nitrogens is 3. The minimum atomic E-state index is -0.200. The number of benzene rings is 1. The first-order chi connectivity index (χ1) is 13.9. The average Bonchev–Trinajstić information content (AvgIpc) is 3.06. The zero-order valence-corrected chi connectivity index (χ0v) is 17.3. The molecule has 0 bridgehead atoms. The lowest BCUT2D eigenvalue weighted by molar-refractivity contribution is 0.0956. The Balaban J connectivity index is 1.49. The van der Waals surface area contributed by atoms with Gasteiger partial charge < -0.3 is 11.1 Å². The number of nitrogens with two attached hydrogens (primary N) is 1. The highest BCUT2D eigenvalue weighted by molar-refractivity contribution is 7.21. The largest absolute Gasteiger partial charge is 0.397 e. The summed E-state index contributed by atoms with van der Waals surface area (Å²) in [6.45, 7) is 6.27. The minimum absolute atomic E-state index is 0.200. The standard InChI is InChI=1S/C22H21N5OS/c1-12-8-17(11-24-9-12)16-6-4-15(5-7-16)10-25-21(28)20-19(23)18-13(2)14(3)26-27-22(18)29-20/h4-9,11H,10,23H2,1-3H3,(H,25,28). The lowest BCUT2D eigenvalue weighted by Crippen LogP contribution is -2.22. The van der Waals surface area contributed by atoms with Gasteiger partial charge in [0.1, 0.15) is 9.71 Å². The Bertz CT molecular complexity index is 1210. The van der Waals surface area contributed by atoms with Crippen molar-refractivity contribution in [2.45, 2.75) is 27.3 Å². The van der Waals surface area contributed by atoms with Crippen LogP contribution >= 0.6 is 11.3 Å². The molecule has 0 spiro atoms. The molecule has 29 heavy (non-hydrogen) atoms. The molecule has 7 heteroatoms. The number of thiophene rings is 1. The van der Waals surface area contributed by atoms with E-state index in [4.69, 9.17) is 5.73 Å². The van der Waals surface area contributed by atoms with Crippen LogP contribution in [0, 0.1) is 20.8 Å². The van der Waals surface area contributed by atoms with Crippen LogP contribution in [0.5, 0.6) is 0 Å². The summed E-state index contributed by atoms with van der Waals surface area (Å²) in [6, 6.07) is 10.2. The monoisotopic (exact) mass is 403 g/mol. The van der Waals surface area contributed by atoms with Crippen LogP contribution in [0.3, 0.4) is 0 Å². The van der Waals surface area contributed by atoms with Gasteiger partial charge >= 0.3 is 0 Å². The zero-order valence-electron chi connectivity index (χ0n) is 16.5. The summed E-state index contributed by atoms with van der Waals surface area (Å²) in [7, 11) is 0. The van der Waals surface area contributed by atoms with Gasteiger partial charge in [-0.3, -0.25) is 9.78 Å². The molecule has 3 N–H and O–H groups in total. The quantitative estimate of drug-likeness (QED) is 0.533. The third-order valence-electron chi connectivity index (χ3n) is 4.96. The second-order valence-electron chi connectivity index (χ2n) is 7.07. The molecular formula is C22H21N5OS. The Hall–Kier alpha value is -3.32. The van der Waals surface area contributed by atoms with Gasteiger partial charge in [0.2, 0.25) is 0 Å². The molecule has 0 aliphatic carbocycles. The van der Waals surface area contributed by atoms with Crippen LogP contribution in [0.25, 0.3) is 21.3 Å². The van der Waals surface area contributed by atoms with Crippen LogP contribution < -0.4 is 11.1 Å². The van der Waals surface area contributed by atoms with Crippen molar-refractivity contribution in [1.82, 2.24) is 20.5 Å². The van der Waals surface area contributed by atoms with Crippen molar-refractivity contribution in [2.75, 3.05) is 5.73 Å². The highest BCUT2D eigenvalue weighted by atomic mass is 32.1. The van der Waals surface area contributed by atoms with E-state index in [0.29, 0.717) is 21.9 Å². The first-order valence-corrected chi connectivity index (χ1v) is 10.1. The van der Waals surface area contributed by atoms with Gasteiger partial charge in [-0.05, 0) is 49.1 Å². The smallest absolute Gasteiger partial charge is 0.263 e. The third-order valence-corrected chi connectivity index (χ3v) is 6.05. The van der Waals surface area contributed by atoms with E-state index in [1.165, 1.54) is 11.3 Å². The summed E-state index contributed by atoms with van der Waals surface area (Å²) < 4.78 is 0. The van der Waals surface area contributed by atoms with E-state index in [9.17, 15) is 4.79 Å². The van der Waals surface area contributed by atoms with Crippen molar-refractivity contribution in [3.8, 4) is 11.1 Å². The molecule has 146 valence electrons. The van der Waals surface area contributed by atoms with E-state index >= 15 is 0 Å². The van der Waals surface area contributed by atoms with Crippen molar-refractivity contribution in [1.29, 1.82) is 0 Å². The SMILES string of the molecule is Cc1cncc(-c2ccc(CNC(=O)c3sc4nnc(C)c(C)c4c3N)cc2)c1. The second-order valence-corrected chi connectivity index (χ2v) is 8.07. The van der Waals surface area contributed by atoms with Gasteiger partial charge in [-0.25, -0.2) is 0 Å². The molecule has 0 atom stereocenters. The Morgan fingerprint density at radius 3 is 2.55 bits per heavy atom. The molecule has 1 amide bonds. The van der Waals surface area contributed by atoms with Crippen molar-refractivity contribution in [2.24, 2.45) is 0 Å². The summed E-state index contributed by atoms with van der Waals surface area (Å²) in [6.07, 6.45) is 3.68. The molecule has 0 saturated carbocycles. The summed E-state index contributed by atoms with van der Waals surface area (Å²) in [5.41, 5.74) is 12.8. The summed E-state index contributed by atoms with van der Waals surface area (Å²) in [5, 5.41) is 12.1. The Morgan fingerprint density at radius 2 is 1.83 bits per heavy atom. The van der Waals surface area contributed by atoms with Crippen LogP contribution in [-0.4, -0.2) is 21.1 Å². The maximum Gasteiger partial charge on any atom is 0.263 e. The molecule has 3 aromatic heterocycles. The van der Waals surface area contributed by atoms with Crippen LogP contribution in [0.15, 0.2) is 42.7 Å². The van der Waals surface area contributed by atoms with Gasteiger partial charge in [0.05, 0.1) is 11.4 Å².